The first-order valence-electron chi connectivity index (χ1n) is 6.42. The van der Waals surface area contributed by atoms with Crippen LogP contribution in [-0.2, 0) is 11.0 Å². The van der Waals surface area contributed by atoms with E-state index in [1.807, 2.05) is 0 Å². The van der Waals surface area contributed by atoms with Crippen LogP contribution in [0.25, 0.3) is 0 Å². The van der Waals surface area contributed by atoms with Crippen molar-refractivity contribution in [2.75, 3.05) is 11.1 Å². The molecule has 1 aromatic carbocycles. The van der Waals surface area contributed by atoms with E-state index in [4.69, 9.17) is 0 Å². The van der Waals surface area contributed by atoms with Gasteiger partial charge in [0.15, 0.2) is 5.16 Å². The number of alkyl halides is 3. The minimum absolute atomic E-state index is 0.0343. The summed E-state index contributed by atoms with van der Waals surface area (Å²) < 4.78 is 37.3. The highest BCUT2D eigenvalue weighted by atomic mass is 32.2. The standard InChI is InChI=1S/C14H12F3N3O2S/c1-8-6-11(21)20-13(18-8)23-7-12(22)19-10-4-2-9(3-5-10)14(15,16)17/h2-6H,7H2,1H3,(H,19,22)(H,18,20,21). The Hall–Kier alpha value is -2.29. The van der Waals surface area contributed by atoms with Crippen molar-refractivity contribution in [1.29, 1.82) is 0 Å². The van der Waals surface area contributed by atoms with Gasteiger partial charge >= 0.3 is 6.18 Å². The largest absolute Gasteiger partial charge is 0.416 e. The summed E-state index contributed by atoms with van der Waals surface area (Å²) in [6, 6.07) is 5.47. The summed E-state index contributed by atoms with van der Waals surface area (Å²) in [5, 5.41) is 2.78. The van der Waals surface area contributed by atoms with Gasteiger partial charge in [0.2, 0.25) is 5.91 Å². The first-order chi connectivity index (χ1) is 10.7. The lowest BCUT2D eigenvalue weighted by atomic mass is 10.2. The maximum atomic E-state index is 12.4. The van der Waals surface area contributed by atoms with E-state index in [2.05, 4.69) is 15.3 Å². The van der Waals surface area contributed by atoms with Crippen LogP contribution in [0.3, 0.4) is 0 Å². The van der Waals surface area contributed by atoms with E-state index in [1.54, 1.807) is 6.92 Å². The number of nitrogens with one attached hydrogen (secondary N) is 2. The molecule has 0 aliphatic rings. The van der Waals surface area contributed by atoms with Crippen molar-refractivity contribution in [2.24, 2.45) is 0 Å². The Morgan fingerprint density at radius 3 is 2.52 bits per heavy atom. The Labute approximate surface area is 133 Å². The number of anilines is 1. The number of nitrogens with zero attached hydrogens (tertiary/aromatic N) is 1. The van der Waals surface area contributed by atoms with Crippen molar-refractivity contribution in [2.45, 2.75) is 18.3 Å². The Morgan fingerprint density at radius 1 is 1.30 bits per heavy atom. The monoisotopic (exact) mass is 343 g/mol. The predicted octanol–water partition coefficient (Wildman–Crippen LogP) is 2.83. The van der Waals surface area contributed by atoms with Crippen molar-refractivity contribution in [3.8, 4) is 0 Å². The van der Waals surface area contributed by atoms with E-state index < -0.39 is 17.6 Å². The summed E-state index contributed by atoms with van der Waals surface area (Å²) in [4.78, 5) is 29.6. The molecule has 0 atom stereocenters. The minimum atomic E-state index is -4.42. The lowest BCUT2D eigenvalue weighted by molar-refractivity contribution is -0.137. The SMILES string of the molecule is Cc1cc(=O)[nH]c(SCC(=O)Nc2ccc(C(F)(F)F)cc2)n1. The third-order valence-corrected chi connectivity index (χ3v) is 3.56. The number of aromatic amines is 1. The van der Waals surface area contributed by atoms with Crippen LogP contribution < -0.4 is 10.9 Å². The van der Waals surface area contributed by atoms with Crippen LogP contribution in [0.2, 0.25) is 0 Å². The van der Waals surface area contributed by atoms with Crippen LogP contribution in [0.4, 0.5) is 18.9 Å². The van der Waals surface area contributed by atoms with E-state index in [9.17, 15) is 22.8 Å². The number of benzene rings is 1. The number of aromatic nitrogens is 2. The summed E-state index contributed by atoms with van der Waals surface area (Å²) in [7, 11) is 0. The first kappa shape index (κ1) is 17.1. The smallest absolute Gasteiger partial charge is 0.325 e. The third-order valence-electron chi connectivity index (χ3n) is 2.68. The summed E-state index contributed by atoms with van der Waals surface area (Å²) in [6.45, 7) is 1.65. The van der Waals surface area contributed by atoms with Gasteiger partial charge in [0.05, 0.1) is 11.3 Å². The van der Waals surface area contributed by atoms with Crippen LogP contribution in [0.15, 0.2) is 40.3 Å². The Bertz CT molecular complexity index is 757. The molecule has 2 aromatic rings. The normalized spacial score (nSPS) is 11.3. The van der Waals surface area contributed by atoms with Crippen LogP contribution in [-0.4, -0.2) is 21.6 Å². The van der Waals surface area contributed by atoms with Crippen LogP contribution in [0, 0.1) is 6.92 Å². The van der Waals surface area contributed by atoms with Crippen molar-refractivity contribution < 1.29 is 18.0 Å². The van der Waals surface area contributed by atoms with Crippen LogP contribution in [0.5, 0.6) is 0 Å². The molecule has 0 spiro atoms. The van der Waals surface area contributed by atoms with Crippen molar-refractivity contribution >= 4 is 23.4 Å². The summed E-state index contributed by atoms with van der Waals surface area (Å²) in [6.07, 6.45) is -4.42. The molecule has 0 aliphatic carbocycles. The van der Waals surface area contributed by atoms with Gasteiger partial charge in [-0.3, -0.25) is 9.59 Å². The van der Waals surface area contributed by atoms with Crippen molar-refractivity contribution in [3.05, 3.63) is 51.9 Å². The minimum Gasteiger partial charge on any atom is -0.325 e. The predicted molar refractivity (Wildman–Crippen MR) is 80.4 cm³/mol. The molecule has 1 amide bonds. The molecule has 1 heterocycles. The molecular formula is C14H12F3N3O2S. The van der Waals surface area contributed by atoms with Crippen molar-refractivity contribution in [1.82, 2.24) is 9.97 Å². The maximum absolute atomic E-state index is 12.4. The fraction of sp³-hybridized carbons (Fsp3) is 0.214. The number of amides is 1. The molecule has 23 heavy (non-hydrogen) atoms. The van der Waals surface area contributed by atoms with Gasteiger partial charge in [0.1, 0.15) is 0 Å². The fourth-order valence-corrected chi connectivity index (χ4v) is 2.41. The average Bonchev–Trinajstić information content (AvgIpc) is 2.44. The van der Waals surface area contributed by atoms with Crippen LogP contribution >= 0.6 is 11.8 Å². The zero-order valence-corrected chi connectivity index (χ0v) is 12.7. The zero-order valence-electron chi connectivity index (χ0n) is 11.9. The van der Waals surface area contributed by atoms with Crippen LogP contribution in [0.1, 0.15) is 11.3 Å². The summed E-state index contributed by atoms with van der Waals surface area (Å²) in [5.74, 6) is -0.452. The van der Waals surface area contributed by atoms with Crippen molar-refractivity contribution in [3.63, 3.8) is 0 Å². The molecule has 0 unspecified atom stereocenters. The third kappa shape index (κ3) is 5.13. The number of H-pyrrole nitrogens is 1. The number of halogens is 3. The second-order valence-corrected chi connectivity index (χ2v) is 5.57. The lowest BCUT2D eigenvalue weighted by Gasteiger charge is -2.08. The quantitative estimate of drug-likeness (QED) is 0.661. The lowest BCUT2D eigenvalue weighted by Crippen LogP contribution is -2.15. The molecule has 0 fully saturated rings. The van der Waals surface area contributed by atoms with Gasteiger partial charge < -0.3 is 10.3 Å². The molecular weight excluding hydrogens is 331 g/mol. The number of hydrogen-bond donors (Lipinski definition) is 2. The number of carbonyl (C=O) groups excluding carboxylic acids is 1. The highest BCUT2D eigenvalue weighted by molar-refractivity contribution is 7.99. The van der Waals surface area contributed by atoms with Gasteiger partial charge in [-0.15, -0.1) is 0 Å². The molecule has 122 valence electrons. The number of rotatable bonds is 4. The molecule has 1 aromatic heterocycles. The highest BCUT2D eigenvalue weighted by Gasteiger charge is 2.29. The van der Waals surface area contributed by atoms with E-state index in [0.29, 0.717) is 10.9 Å². The number of hydrogen-bond acceptors (Lipinski definition) is 4. The van der Waals surface area contributed by atoms with E-state index in [1.165, 1.54) is 18.2 Å². The van der Waals surface area contributed by atoms with E-state index >= 15 is 0 Å². The van der Waals surface area contributed by atoms with Gasteiger partial charge in [-0.1, -0.05) is 11.8 Å². The number of carbonyl (C=O) groups is 1. The van der Waals surface area contributed by atoms with Gasteiger partial charge in [0, 0.05) is 17.4 Å². The molecule has 5 nitrogen and oxygen atoms in total. The Morgan fingerprint density at radius 2 is 1.96 bits per heavy atom. The fourth-order valence-electron chi connectivity index (χ4n) is 1.69. The first-order valence-corrected chi connectivity index (χ1v) is 7.40. The number of thioether (sulfide) groups is 1. The van der Waals surface area contributed by atoms with Gasteiger partial charge in [-0.05, 0) is 31.2 Å². The maximum Gasteiger partial charge on any atom is 0.416 e. The topological polar surface area (TPSA) is 74.8 Å². The van der Waals surface area contributed by atoms with E-state index in [-0.39, 0.29) is 17.0 Å². The zero-order chi connectivity index (χ0) is 17.0. The van der Waals surface area contributed by atoms with E-state index in [0.717, 1.165) is 23.9 Å². The molecule has 0 saturated carbocycles. The molecule has 0 radical (unpaired) electrons. The highest BCUT2D eigenvalue weighted by Crippen LogP contribution is 2.29. The summed E-state index contributed by atoms with van der Waals surface area (Å²) in [5.41, 5.74) is -0.316. The Kier molecular flexibility index (Phi) is 5.09. The molecule has 0 saturated heterocycles. The molecule has 0 aliphatic heterocycles. The molecule has 0 bridgehead atoms. The average molecular weight is 343 g/mol. The molecule has 9 heteroatoms. The molecule has 2 N–H and O–H groups in total. The number of aryl methyl sites for hydroxylation is 1. The van der Waals surface area contributed by atoms with Gasteiger partial charge in [0.25, 0.3) is 5.56 Å². The van der Waals surface area contributed by atoms with Gasteiger partial charge in [-0.2, -0.15) is 13.2 Å². The molecule has 2 rings (SSSR count). The second kappa shape index (κ2) is 6.86. The second-order valence-electron chi connectivity index (χ2n) is 4.60. The summed E-state index contributed by atoms with van der Waals surface area (Å²) >= 11 is 1.02. The Balaban J connectivity index is 1.93. The van der Waals surface area contributed by atoms with Gasteiger partial charge in [-0.25, -0.2) is 4.98 Å².